The predicted octanol–water partition coefficient (Wildman–Crippen LogP) is 2.98. The van der Waals surface area contributed by atoms with Crippen LogP contribution in [0.4, 0.5) is 10.1 Å². The second kappa shape index (κ2) is 8.11. The van der Waals surface area contributed by atoms with E-state index in [0.29, 0.717) is 36.7 Å². The summed E-state index contributed by atoms with van der Waals surface area (Å²) in [5.74, 6) is -0.225. The number of carbonyl (C=O) groups excluding carboxylic acids is 1. The predicted molar refractivity (Wildman–Crippen MR) is 119 cm³/mol. The SMILES string of the molecule is CN(CCc1ccnn1C)C(=O)C1=NN2c3cc(F)ccc3OC[C@H]2[C@H]1c1ccccc1. The van der Waals surface area contributed by atoms with Gasteiger partial charge in [0, 0.05) is 45.0 Å². The van der Waals surface area contributed by atoms with Gasteiger partial charge in [-0.3, -0.25) is 14.5 Å². The zero-order valence-corrected chi connectivity index (χ0v) is 18.0. The number of likely N-dealkylation sites (N-methyl/N-ethyl adjacent to an activating group) is 1. The molecule has 2 aliphatic rings. The highest BCUT2D eigenvalue weighted by atomic mass is 19.1. The fraction of sp³-hybridized carbons (Fsp3) is 0.292. The van der Waals surface area contributed by atoms with Crippen molar-refractivity contribution < 1.29 is 13.9 Å². The van der Waals surface area contributed by atoms with Crippen LogP contribution < -0.4 is 9.75 Å². The van der Waals surface area contributed by atoms with Crippen LogP contribution in [0.5, 0.6) is 5.75 Å². The number of anilines is 1. The Kier molecular flexibility index (Phi) is 5.13. The summed E-state index contributed by atoms with van der Waals surface area (Å²) in [6.45, 7) is 0.891. The molecule has 0 fully saturated rings. The first-order valence-corrected chi connectivity index (χ1v) is 10.6. The van der Waals surface area contributed by atoms with Crippen LogP contribution in [0.25, 0.3) is 0 Å². The van der Waals surface area contributed by atoms with Gasteiger partial charge >= 0.3 is 0 Å². The van der Waals surface area contributed by atoms with E-state index in [1.807, 2.05) is 43.4 Å². The van der Waals surface area contributed by atoms with Gasteiger partial charge in [-0.25, -0.2) is 4.39 Å². The molecule has 0 N–H and O–H groups in total. The molecule has 0 spiro atoms. The normalized spacial score (nSPS) is 19.1. The number of amides is 1. The molecule has 0 saturated heterocycles. The van der Waals surface area contributed by atoms with Crippen molar-refractivity contribution in [2.75, 3.05) is 25.2 Å². The van der Waals surface area contributed by atoms with E-state index >= 15 is 0 Å². The molecular formula is C24H24FN5O2. The lowest BCUT2D eigenvalue weighted by molar-refractivity contribution is -0.123. The fourth-order valence-electron chi connectivity index (χ4n) is 4.38. The van der Waals surface area contributed by atoms with E-state index in [4.69, 9.17) is 9.84 Å². The number of aromatic nitrogens is 2. The molecule has 2 atom stereocenters. The molecule has 1 aromatic heterocycles. The number of fused-ring (bicyclic) bond motifs is 3. The lowest BCUT2D eigenvalue weighted by Gasteiger charge is -2.33. The third kappa shape index (κ3) is 3.51. The van der Waals surface area contributed by atoms with Crippen LogP contribution in [-0.2, 0) is 18.3 Å². The number of nitrogens with zero attached hydrogens (tertiary/aromatic N) is 5. The molecule has 1 amide bonds. The van der Waals surface area contributed by atoms with Crippen molar-refractivity contribution in [2.45, 2.75) is 18.4 Å². The second-order valence-electron chi connectivity index (χ2n) is 8.13. The smallest absolute Gasteiger partial charge is 0.270 e. The number of benzene rings is 2. The molecule has 3 heterocycles. The van der Waals surface area contributed by atoms with Crippen LogP contribution >= 0.6 is 0 Å². The van der Waals surface area contributed by atoms with Crippen molar-refractivity contribution >= 4 is 17.3 Å². The number of hydrogen-bond acceptors (Lipinski definition) is 5. The molecule has 0 radical (unpaired) electrons. The number of ether oxygens (including phenoxy) is 1. The highest BCUT2D eigenvalue weighted by Crippen LogP contribution is 2.43. The van der Waals surface area contributed by atoms with Crippen molar-refractivity contribution in [1.82, 2.24) is 14.7 Å². The molecule has 2 aliphatic heterocycles. The molecule has 0 aliphatic carbocycles. The van der Waals surface area contributed by atoms with Crippen molar-refractivity contribution in [2.24, 2.45) is 12.1 Å². The van der Waals surface area contributed by atoms with Crippen LogP contribution in [0.15, 0.2) is 65.9 Å². The van der Waals surface area contributed by atoms with Crippen LogP contribution in [-0.4, -0.2) is 52.5 Å². The van der Waals surface area contributed by atoms with Crippen LogP contribution in [0.2, 0.25) is 0 Å². The Morgan fingerprint density at radius 2 is 2.03 bits per heavy atom. The monoisotopic (exact) mass is 433 g/mol. The summed E-state index contributed by atoms with van der Waals surface area (Å²) in [5.41, 5.74) is 3.01. The minimum atomic E-state index is -0.368. The Morgan fingerprint density at radius 3 is 2.78 bits per heavy atom. The van der Waals surface area contributed by atoms with Gasteiger partial charge in [0.15, 0.2) is 0 Å². The maximum atomic E-state index is 14.0. The summed E-state index contributed by atoms with van der Waals surface area (Å²) in [4.78, 5) is 15.2. The van der Waals surface area contributed by atoms with E-state index in [1.54, 1.807) is 33.9 Å². The highest BCUT2D eigenvalue weighted by Gasteiger charge is 2.46. The quantitative estimate of drug-likeness (QED) is 0.621. The zero-order valence-electron chi connectivity index (χ0n) is 18.0. The van der Waals surface area contributed by atoms with Crippen LogP contribution in [0.1, 0.15) is 17.2 Å². The topological polar surface area (TPSA) is 63.0 Å². The minimum absolute atomic E-state index is 0.145. The van der Waals surface area contributed by atoms with Crippen molar-refractivity contribution in [3.63, 3.8) is 0 Å². The van der Waals surface area contributed by atoms with Gasteiger partial charge in [0.1, 0.15) is 29.6 Å². The first-order chi connectivity index (χ1) is 15.5. The van der Waals surface area contributed by atoms with Crippen molar-refractivity contribution in [3.8, 4) is 5.75 Å². The lowest BCUT2D eigenvalue weighted by Crippen LogP contribution is -2.43. The second-order valence-corrected chi connectivity index (χ2v) is 8.13. The largest absolute Gasteiger partial charge is 0.489 e. The lowest BCUT2D eigenvalue weighted by atomic mass is 9.87. The van der Waals surface area contributed by atoms with Gasteiger partial charge in [-0.05, 0) is 23.8 Å². The van der Waals surface area contributed by atoms with E-state index in [-0.39, 0.29) is 23.7 Å². The number of hydrogen-bond donors (Lipinski definition) is 0. The van der Waals surface area contributed by atoms with Gasteiger partial charge in [-0.15, -0.1) is 0 Å². The van der Waals surface area contributed by atoms with Gasteiger partial charge in [-0.1, -0.05) is 30.3 Å². The molecule has 7 nitrogen and oxygen atoms in total. The first-order valence-electron chi connectivity index (χ1n) is 10.6. The summed E-state index contributed by atoms with van der Waals surface area (Å²) in [6.07, 6.45) is 2.44. The Bertz CT molecular complexity index is 1180. The average Bonchev–Trinajstić information content (AvgIpc) is 3.40. The van der Waals surface area contributed by atoms with E-state index in [1.165, 1.54) is 12.1 Å². The van der Waals surface area contributed by atoms with Crippen LogP contribution in [0.3, 0.4) is 0 Å². The first kappa shape index (κ1) is 20.2. The maximum Gasteiger partial charge on any atom is 0.270 e. The Hall–Kier alpha value is -3.68. The molecule has 0 unspecified atom stereocenters. The van der Waals surface area contributed by atoms with Gasteiger partial charge in [-0.2, -0.15) is 10.2 Å². The maximum absolute atomic E-state index is 14.0. The summed E-state index contributed by atoms with van der Waals surface area (Å²) >= 11 is 0. The molecular weight excluding hydrogens is 409 g/mol. The Morgan fingerprint density at radius 1 is 1.22 bits per heavy atom. The Labute approximate surface area is 185 Å². The zero-order chi connectivity index (χ0) is 22.2. The molecule has 3 aromatic rings. The Balaban J connectivity index is 1.47. The number of rotatable bonds is 5. The van der Waals surface area contributed by atoms with Gasteiger partial charge < -0.3 is 9.64 Å². The molecule has 0 bridgehead atoms. The number of hydrazone groups is 1. The van der Waals surface area contributed by atoms with E-state index < -0.39 is 0 Å². The number of carbonyl (C=O) groups is 1. The summed E-state index contributed by atoms with van der Waals surface area (Å²) in [7, 11) is 3.67. The standard InChI is InChI=1S/C24H24FN5O2/c1-28(13-11-18-10-12-26-29(18)2)24(31)23-22(16-6-4-3-5-7-16)20-15-32-21-9-8-17(25)14-19(21)30(20)27-23/h3-10,12,14,20,22H,11,13,15H2,1-2H3/t20-,22+/m0/s1. The highest BCUT2D eigenvalue weighted by molar-refractivity contribution is 6.42. The van der Waals surface area contributed by atoms with Gasteiger partial charge in [0.2, 0.25) is 0 Å². The van der Waals surface area contributed by atoms with E-state index in [0.717, 1.165) is 11.3 Å². The van der Waals surface area contributed by atoms with Crippen molar-refractivity contribution in [3.05, 3.63) is 77.9 Å². The molecule has 5 rings (SSSR count). The summed E-state index contributed by atoms with van der Waals surface area (Å²) in [6, 6.07) is 15.9. The summed E-state index contributed by atoms with van der Waals surface area (Å²) < 4.78 is 21.7. The molecule has 32 heavy (non-hydrogen) atoms. The van der Waals surface area contributed by atoms with Gasteiger partial charge in [0.05, 0.1) is 12.0 Å². The van der Waals surface area contributed by atoms with Crippen molar-refractivity contribution in [1.29, 1.82) is 0 Å². The van der Waals surface area contributed by atoms with Gasteiger partial charge in [0.25, 0.3) is 5.91 Å². The minimum Gasteiger partial charge on any atom is -0.489 e. The van der Waals surface area contributed by atoms with E-state index in [9.17, 15) is 9.18 Å². The average molecular weight is 433 g/mol. The number of aryl methyl sites for hydroxylation is 1. The molecule has 164 valence electrons. The third-order valence-corrected chi connectivity index (χ3v) is 6.14. The summed E-state index contributed by atoms with van der Waals surface area (Å²) in [5, 5.41) is 10.7. The molecule has 2 aromatic carbocycles. The number of halogens is 1. The third-order valence-electron chi connectivity index (χ3n) is 6.14. The molecule has 8 heteroatoms. The fourth-order valence-corrected chi connectivity index (χ4v) is 4.38. The van der Waals surface area contributed by atoms with E-state index in [2.05, 4.69) is 5.10 Å². The molecule has 0 saturated carbocycles. The van der Waals surface area contributed by atoms with Crippen LogP contribution in [0, 0.1) is 5.82 Å².